The monoisotopic (exact) mass is 1590 g/mol. The molecule has 0 radical (unpaired) electrons. The Bertz CT molecular complexity index is 5050. The van der Waals surface area contributed by atoms with Crippen LogP contribution in [0, 0.1) is 20.2 Å². The highest BCUT2D eigenvalue weighted by Gasteiger charge is 2.32. The van der Waals surface area contributed by atoms with Gasteiger partial charge in [-0.2, -0.15) is 0 Å². The number of hydrogen-bond donors (Lipinski definition) is 0. The topological polar surface area (TPSA) is 186 Å². The third kappa shape index (κ3) is 18.2. The number of aromatic nitrogens is 1. The van der Waals surface area contributed by atoms with Crippen LogP contribution < -0.4 is 71.3 Å². The third-order valence-corrected chi connectivity index (χ3v) is 23.9. The second-order valence-corrected chi connectivity index (χ2v) is 33.3. The Labute approximate surface area is 670 Å². The number of carbonyl (C=O) groups excluding carboxylic acids is 3. The Balaban J connectivity index is 0.000000146. The summed E-state index contributed by atoms with van der Waals surface area (Å²) >= 11 is 8.29. The molecule has 0 N–H and O–H groups in total. The molecule has 110 heavy (non-hydrogen) atoms. The van der Waals surface area contributed by atoms with Crippen molar-refractivity contribution in [1.82, 2.24) is 9.56 Å². The predicted octanol–water partition coefficient (Wildman–Crippen LogP) is 15.0. The van der Waals surface area contributed by atoms with E-state index in [1.165, 1.54) is 101 Å². The van der Waals surface area contributed by atoms with Gasteiger partial charge < -0.3 is 46.7 Å². The molecule has 570 valence electrons. The lowest BCUT2D eigenvalue weighted by atomic mass is 10.0. The first kappa shape index (κ1) is 82.0. The van der Waals surface area contributed by atoms with Gasteiger partial charge in [0.05, 0.1) is 64.8 Å². The highest BCUT2D eigenvalue weighted by Crippen LogP contribution is 2.54. The number of non-ortho nitro benzene ring substituents is 2. The number of nitro groups is 2. The molecular formula is C83H89ClN14O7S5. The van der Waals surface area contributed by atoms with Gasteiger partial charge in [-0.15, -0.1) is 11.3 Å². The molecule has 15 rings (SSSR count). The Morgan fingerprint density at radius 2 is 0.645 bits per heavy atom. The van der Waals surface area contributed by atoms with Crippen molar-refractivity contribution in [1.29, 1.82) is 0 Å². The van der Waals surface area contributed by atoms with E-state index in [2.05, 4.69) is 217 Å². The highest BCUT2D eigenvalue weighted by molar-refractivity contribution is 8.00. The van der Waals surface area contributed by atoms with Crippen LogP contribution in [-0.2, 0) is 20.8 Å². The Kier molecular flexibility index (Phi) is 25.8. The van der Waals surface area contributed by atoms with Gasteiger partial charge in [0.1, 0.15) is 14.1 Å². The number of benzene rings is 10. The smallest absolute Gasteiger partial charge is 0.270 e. The SMILES string of the molecule is CC(=O)N1c2ccc(N(C)C)cc2Sc2cc(N(C)C)ccc21.CC(=O)N1c2ccc(N(C)C)cc2Sc2cc(N(C)C)ccc21.CC(=O)N1c2ccc([N+](=O)[O-])cc2Sc2cc([N+](=O)[O-])ccc21.CN(C)c1ccc2c(c1)Sc1cc(N(C)C)ccc1C2.CN(C)c1ccc2nc3ccc(=[N+](C)C)cc-3sc2c1.[Cl-]. The van der Waals surface area contributed by atoms with E-state index in [1.54, 1.807) is 58.5 Å². The van der Waals surface area contributed by atoms with Crippen molar-refractivity contribution < 1.29 is 36.6 Å². The quantitative estimate of drug-likeness (QED) is 0.0574. The number of hydrogen-bond acceptors (Lipinski definition) is 20. The van der Waals surface area contributed by atoms with Gasteiger partial charge in [-0.3, -0.25) is 49.3 Å². The molecule has 0 spiro atoms. The van der Waals surface area contributed by atoms with Crippen LogP contribution in [0.25, 0.3) is 20.8 Å². The van der Waals surface area contributed by atoms with Crippen LogP contribution in [0.1, 0.15) is 31.9 Å². The fraction of sp³-hybridized carbons (Fsp3) is 0.241. The summed E-state index contributed by atoms with van der Waals surface area (Å²) in [5.41, 5.74) is 17.9. The number of halogens is 1. The molecule has 0 unspecified atom stereocenters. The number of anilines is 13. The maximum absolute atomic E-state index is 12.3. The molecule has 0 aromatic heterocycles. The standard InChI is InChI=1S/2C18H21N3OS.C17H20N2S.C16H18N3S.C14H9N3O5S.ClH/c2*1-12(22)21-15-8-6-13(19(2)3)10-17(15)23-18-11-14(20(4)5)7-9-16(18)21;1-18(2)14-7-5-12-9-13-6-8-15(19(3)4)11-17(13)20-16(12)10-14;1-18(2)11-5-7-13-15(9-11)20-16-10-12(19(3)4)6-8-14(16)17-13;1-8(18)15-11-4-2-9(16(19)20)6-13(11)23-14-7-10(17(21)22)3-5-12(14)15;/h2*6-11H,1-5H3;5-8,10-11H,9H2,1-4H3;5-10H,1-4H3;2-7H,1H3;1H/q;;;+1;;/p-1. The van der Waals surface area contributed by atoms with Crippen LogP contribution >= 0.6 is 58.4 Å². The fourth-order valence-corrected chi connectivity index (χ4v) is 17.9. The first-order valence-corrected chi connectivity index (χ1v) is 38.9. The summed E-state index contributed by atoms with van der Waals surface area (Å²) in [5.74, 6) is -0.221. The number of carbonyl (C=O) groups is 3. The molecule has 9 aromatic carbocycles. The summed E-state index contributed by atoms with van der Waals surface area (Å²) in [4.78, 5) is 91.2. The molecule has 21 nitrogen and oxygen atoms in total. The van der Waals surface area contributed by atoms with Gasteiger partial charge in [-0.25, -0.2) is 9.56 Å². The maximum Gasteiger partial charge on any atom is 0.270 e. The molecule has 0 saturated heterocycles. The van der Waals surface area contributed by atoms with E-state index in [0.717, 1.165) is 94.5 Å². The van der Waals surface area contributed by atoms with Crippen molar-refractivity contribution in [2.45, 2.75) is 66.4 Å². The number of nitrogens with zero attached hydrogens (tertiary/aromatic N) is 14. The van der Waals surface area contributed by atoms with Gasteiger partial charge in [-0.1, -0.05) is 59.2 Å². The molecule has 5 aliphatic heterocycles. The zero-order chi connectivity index (χ0) is 78.7. The Morgan fingerprint density at radius 3 is 0.955 bits per heavy atom. The van der Waals surface area contributed by atoms with Gasteiger partial charge in [0.2, 0.25) is 23.1 Å². The fourth-order valence-electron chi connectivity index (χ4n) is 12.3. The lowest BCUT2D eigenvalue weighted by Crippen LogP contribution is -3.00. The molecule has 5 heterocycles. The molecule has 9 aromatic rings. The molecule has 0 atom stereocenters. The molecule has 1 aliphatic carbocycles. The average molecular weight is 1590 g/mol. The lowest BCUT2D eigenvalue weighted by molar-refractivity contribution is -0.385. The van der Waals surface area contributed by atoms with Gasteiger partial charge in [0.25, 0.3) is 11.4 Å². The van der Waals surface area contributed by atoms with Crippen LogP contribution in [0.3, 0.4) is 0 Å². The van der Waals surface area contributed by atoms with Gasteiger partial charge in [0, 0.05) is 235 Å². The summed E-state index contributed by atoms with van der Waals surface area (Å²) < 4.78 is 3.34. The predicted molar refractivity (Wildman–Crippen MR) is 456 cm³/mol. The van der Waals surface area contributed by atoms with Crippen LogP contribution in [0.15, 0.2) is 221 Å². The molecule has 0 fully saturated rings. The number of fused-ring (bicyclic) bond motifs is 10. The van der Waals surface area contributed by atoms with Crippen molar-refractivity contribution >= 4 is 172 Å². The molecule has 0 saturated carbocycles. The first-order chi connectivity index (χ1) is 51.7. The number of rotatable bonds is 9. The largest absolute Gasteiger partial charge is 1.00 e. The Hall–Kier alpha value is -10.5. The van der Waals surface area contributed by atoms with E-state index in [1.807, 2.05) is 92.4 Å². The van der Waals surface area contributed by atoms with E-state index < -0.39 is 9.85 Å². The minimum atomic E-state index is -0.526. The zero-order valence-corrected chi connectivity index (χ0v) is 69.9. The zero-order valence-electron chi connectivity index (χ0n) is 65.1. The second-order valence-electron chi connectivity index (χ2n) is 27.8. The maximum atomic E-state index is 12.3. The minimum absolute atomic E-state index is 0. The van der Waals surface area contributed by atoms with E-state index >= 15 is 0 Å². The van der Waals surface area contributed by atoms with Crippen molar-refractivity contribution in [3.8, 4) is 10.6 Å². The van der Waals surface area contributed by atoms with E-state index in [-0.39, 0.29) is 41.5 Å². The summed E-state index contributed by atoms with van der Waals surface area (Å²) in [6.45, 7) is 4.60. The molecule has 27 heteroatoms. The number of amides is 3. The molecule has 3 amide bonds. The van der Waals surface area contributed by atoms with Crippen molar-refractivity contribution in [2.75, 3.05) is 162 Å². The van der Waals surface area contributed by atoms with E-state index in [0.29, 0.717) is 21.2 Å². The molecule has 0 bridgehead atoms. The first-order valence-electron chi connectivity index (χ1n) is 34.8. The summed E-state index contributed by atoms with van der Waals surface area (Å²) in [5, 5.41) is 23.0. The minimum Gasteiger partial charge on any atom is -1.00 e. The van der Waals surface area contributed by atoms with Crippen LogP contribution in [0.5, 0.6) is 0 Å². The van der Waals surface area contributed by atoms with Crippen LogP contribution in [-0.4, -0.2) is 145 Å². The highest BCUT2D eigenvalue weighted by atomic mass is 35.5. The van der Waals surface area contributed by atoms with Gasteiger partial charge in [-0.05, 0) is 151 Å². The van der Waals surface area contributed by atoms with Gasteiger partial charge >= 0.3 is 0 Å². The normalized spacial score (nSPS) is 12.1. The molecular weight excluding hydrogens is 1500 g/mol. The van der Waals surface area contributed by atoms with Crippen molar-refractivity contribution in [2.24, 2.45) is 0 Å². The molecule has 6 aliphatic rings. The third-order valence-electron chi connectivity index (χ3n) is 18.3. The summed E-state index contributed by atoms with van der Waals surface area (Å²) in [6, 6.07) is 59.6. The number of nitro benzene ring substituents is 2. The Morgan fingerprint density at radius 1 is 0.364 bits per heavy atom. The average Bonchev–Trinajstić information content (AvgIpc) is 0.757. The lowest BCUT2D eigenvalue weighted by Gasteiger charge is -2.32. The van der Waals surface area contributed by atoms with E-state index in [9.17, 15) is 34.6 Å². The summed E-state index contributed by atoms with van der Waals surface area (Å²) in [6.07, 6.45) is 1.04. The second kappa shape index (κ2) is 34.6. The van der Waals surface area contributed by atoms with Crippen molar-refractivity contribution in [3.05, 3.63) is 219 Å². The van der Waals surface area contributed by atoms with Crippen molar-refractivity contribution in [3.63, 3.8) is 0 Å². The van der Waals surface area contributed by atoms with Crippen LogP contribution in [0.4, 0.5) is 85.3 Å². The van der Waals surface area contributed by atoms with E-state index in [4.69, 9.17) is 4.98 Å². The summed E-state index contributed by atoms with van der Waals surface area (Å²) in [7, 11) is 32.8. The van der Waals surface area contributed by atoms with Gasteiger partial charge in [0.15, 0.2) is 0 Å². The van der Waals surface area contributed by atoms with Crippen LogP contribution in [0.2, 0.25) is 0 Å².